The number of amides is 2. The van der Waals surface area contributed by atoms with Gasteiger partial charge in [-0.05, 0) is 19.4 Å². The van der Waals surface area contributed by atoms with Gasteiger partial charge in [0.1, 0.15) is 22.1 Å². The monoisotopic (exact) mass is 500 g/mol. The highest BCUT2D eigenvalue weighted by Gasteiger charge is 2.54. The minimum atomic E-state index is -1.17. The van der Waals surface area contributed by atoms with Crippen molar-refractivity contribution in [2.24, 2.45) is 7.05 Å². The molecule has 0 spiro atoms. The number of thioether (sulfide) groups is 2. The van der Waals surface area contributed by atoms with E-state index >= 15 is 0 Å². The quantitative estimate of drug-likeness (QED) is 0.449. The number of halogens is 1. The average molecular weight is 501 g/mol. The number of carbonyl (C=O) groups excluding carboxylic acids is 2. The molecule has 2 amide bonds. The maximum Gasteiger partial charge on any atom is 0.352 e. The SMILES string of the molecule is Cc1nnc(SCC2=C(C(=O)O)N3C(=O)[C@@H](NC(=O)c4nn(C)c(C)c4Cl)[C@H]3SC2)s1. The maximum atomic E-state index is 12.8. The Hall–Kier alpha value is -2.09. The minimum Gasteiger partial charge on any atom is -0.477 e. The molecule has 10 nitrogen and oxygen atoms in total. The molecule has 2 aliphatic rings. The summed E-state index contributed by atoms with van der Waals surface area (Å²) in [6, 6.07) is -0.842. The van der Waals surface area contributed by atoms with Crippen LogP contribution in [0, 0.1) is 13.8 Å². The van der Waals surface area contributed by atoms with E-state index in [1.807, 2.05) is 6.92 Å². The number of fused-ring (bicyclic) bond motifs is 1. The Bertz CT molecular complexity index is 1130. The summed E-state index contributed by atoms with van der Waals surface area (Å²) in [6.45, 7) is 3.57. The third kappa shape index (κ3) is 3.95. The van der Waals surface area contributed by atoms with Crippen molar-refractivity contribution < 1.29 is 19.5 Å². The van der Waals surface area contributed by atoms with Gasteiger partial charge in [-0.15, -0.1) is 22.0 Å². The van der Waals surface area contributed by atoms with Crippen LogP contribution in [0.1, 0.15) is 21.2 Å². The molecule has 1 fully saturated rings. The highest BCUT2D eigenvalue weighted by Crippen LogP contribution is 2.42. The van der Waals surface area contributed by atoms with E-state index < -0.39 is 29.2 Å². The van der Waals surface area contributed by atoms with Crippen LogP contribution in [-0.4, -0.2) is 70.7 Å². The maximum absolute atomic E-state index is 12.8. The van der Waals surface area contributed by atoms with Crippen LogP contribution < -0.4 is 5.32 Å². The lowest BCUT2D eigenvalue weighted by molar-refractivity contribution is -0.148. The first-order valence-corrected chi connectivity index (χ1v) is 12.2. The number of rotatable bonds is 6. The first kappa shape index (κ1) is 22.1. The van der Waals surface area contributed by atoms with Gasteiger partial charge in [0.15, 0.2) is 10.0 Å². The molecule has 0 aliphatic carbocycles. The molecule has 4 rings (SSSR count). The van der Waals surface area contributed by atoms with Crippen LogP contribution in [0.4, 0.5) is 0 Å². The number of aryl methyl sites for hydroxylation is 2. The van der Waals surface area contributed by atoms with Gasteiger partial charge in [-0.25, -0.2) is 4.79 Å². The predicted octanol–water partition coefficient (Wildman–Crippen LogP) is 1.69. The van der Waals surface area contributed by atoms with Gasteiger partial charge in [0.25, 0.3) is 11.8 Å². The van der Waals surface area contributed by atoms with Crippen LogP contribution in [0.15, 0.2) is 15.6 Å². The molecule has 0 radical (unpaired) electrons. The number of hydrogen-bond acceptors (Lipinski definition) is 9. The van der Waals surface area contributed by atoms with E-state index in [-0.39, 0.29) is 16.4 Å². The standard InChI is InChI=1S/C17H17ClN6O4S3/c1-6-9(18)10(22-23(6)3)13(25)19-11-14(26)24-12(16(27)28)8(4-29-15(11)24)5-30-17-21-20-7(2)31-17/h11,15H,4-5H2,1-3H3,(H,19,25)(H,27,28)/t11-,15-/m1/s1. The molecule has 4 heterocycles. The minimum absolute atomic E-state index is 0.0281. The van der Waals surface area contributed by atoms with Crippen LogP contribution in [0.5, 0.6) is 0 Å². The van der Waals surface area contributed by atoms with E-state index in [0.717, 1.165) is 9.35 Å². The molecule has 2 atom stereocenters. The zero-order valence-electron chi connectivity index (χ0n) is 16.6. The van der Waals surface area contributed by atoms with Crippen LogP contribution >= 0.6 is 46.5 Å². The number of β-lactam (4-membered cyclic amide) rings is 1. The molecular weight excluding hydrogens is 484 g/mol. The number of carboxylic acids is 1. The van der Waals surface area contributed by atoms with Crippen LogP contribution in [-0.2, 0) is 16.6 Å². The first-order chi connectivity index (χ1) is 14.7. The summed E-state index contributed by atoms with van der Waals surface area (Å²) in [6.07, 6.45) is 0. The zero-order valence-corrected chi connectivity index (χ0v) is 19.8. The Morgan fingerprint density at radius 3 is 2.68 bits per heavy atom. The van der Waals surface area contributed by atoms with Gasteiger partial charge in [0.05, 0.1) is 10.7 Å². The van der Waals surface area contributed by atoms with Crippen molar-refractivity contribution in [3.63, 3.8) is 0 Å². The molecule has 0 bridgehead atoms. The van der Waals surface area contributed by atoms with Gasteiger partial charge in [0.2, 0.25) is 0 Å². The highest BCUT2D eigenvalue weighted by molar-refractivity contribution is 8.01. The summed E-state index contributed by atoms with van der Waals surface area (Å²) < 4.78 is 2.22. The number of aromatic nitrogens is 4. The second kappa shape index (κ2) is 8.45. The molecule has 2 N–H and O–H groups in total. The lowest BCUT2D eigenvalue weighted by atomic mass is 10.0. The van der Waals surface area contributed by atoms with Crippen molar-refractivity contribution in [3.05, 3.63) is 32.7 Å². The van der Waals surface area contributed by atoms with Crippen molar-refractivity contribution in [2.45, 2.75) is 29.6 Å². The van der Waals surface area contributed by atoms with Crippen LogP contribution in [0.3, 0.4) is 0 Å². The summed E-state index contributed by atoms with van der Waals surface area (Å²) in [5, 5.41) is 25.0. The van der Waals surface area contributed by atoms with Gasteiger partial charge in [-0.1, -0.05) is 34.7 Å². The van der Waals surface area contributed by atoms with Crippen molar-refractivity contribution in [1.29, 1.82) is 0 Å². The molecule has 2 aromatic rings. The number of aliphatic carboxylic acids is 1. The highest BCUT2D eigenvalue weighted by atomic mass is 35.5. The van der Waals surface area contributed by atoms with Gasteiger partial charge >= 0.3 is 5.97 Å². The van der Waals surface area contributed by atoms with Gasteiger partial charge in [-0.3, -0.25) is 19.2 Å². The second-order valence-corrected chi connectivity index (χ2v) is 10.8. The van der Waals surface area contributed by atoms with Gasteiger partial charge in [0, 0.05) is 18.6 Å². The summed E-state index contributed by atoms with van der Waals surface area (Å²) in [5.74, 6) is -1.39. The van der Waals surface area contributed by atoms with Gasteiger partial charge < -0.3 is 10.4 Å². The first-order valence-electron chi connectivity index (χ1n) is 9.02. The normalized spacial score (nSPS) is 20.5. The fourth-order valence-corrected chi connectivity index (χ4v) is 6.76. The van der Waals surface area contributed by atoms with E-state index in [9.17, 15) is 19.5 Å². The van der Waals surface area contributed by atoms with E-state index in [0.29, 0.717) is 22.8 Å². The Morgan fingerprint density at radius 2 is 2.10 bits per heavy atom. The van der Waals surface area contributed by atoms with Crippen LogP contribution in [0.2, 0.25) is 5.02 Å². The Morgan fingerprint density at radius 1 is 1.35 bits per heavy atom. The Labute approximate surface area is 194 Å². The Balaban J connectivity index is 1.49. The molecule has 0 unspecified atom stereocenters. The largest absolute Gasteiger partial charge is 0.477 e. The third-order valence-corrected chi connectivity index (χ3v) is 8.74. The number of carbonyl (C=O) groups is 3. The molecule has 0 aromatic carbocycles. The lowest BCUT2D eigenvalue weighted by Gasteiger charge is -2.49. The van der Waals surface area contributed by atoms with Crippen molar-refractivity contribution in [2.75, 3.05) is 11.5 Å². The predicted molar refractivity (Wildman–Crippen MR) is 117 cm³/mol. The average Bonchev–Trinajstić information content (AvgIpc) is 3.27. The summed E-state index contributed by atoms with van der Waals surface area (Å²) in [7, 11) is 1.66. The van der Waals surface area contributed by atoms with E-state index in [1.165, 1.54) is 44.4 Å². The molecule has 0 saturated carbocycles. The van der Waals surface area contributed by atoms with Crippen molar-refractivity contribution in [3.8, 4) is 0 Å². The van der Waals surface area contributed by atoms with E-state index in [1.54, 1.807) is 14.0 Å². The fourth-order valence-electron chi connectivity index (χ4n) is 3.22. The molecule has 31 heavy (non-hydrogen) atoms. The number of nitrogens with zero attached hydrogens (tertiary/aromatic N) is 5. The Kier molecular flexibility index (Phi) is 6.03. The summed E-state index contributed by atoms with van der Waals surface area (Å²) >= 11 is 10.4. The van der Waals surface area contributed by atoms with E-state index in [4.69, 9.17) is 11.6 Å². The smallest absolute Gasteiger partial charge is 0.352 e. The summed E-state index contributed by atoms with van der Waals surface area (Å²) in [5.41, 5.74) is 1.27. The fraction of sp³-hybridized carbons (Fsp3) is 0.412. The molecular formula is C17H17ClN6O4S3. The number of hydrogen-bond donors (Lipinski definition) is 2. The topological polar surface area (TPSA) is 130 Å². The molecule has 2 aliphatic heterocycles. The van der Waals surface area contributed by atoms with Crippen LogP contribution in [0.25, 0.3) is 0 Å². The molecule has 2 aromatic heterocycles. The van der Waals surface area contributed by atoms with Gasteiger partial charge in [-0.2, -0.15) is 5.10 Å². The third-order valence-electron chi connectivity index (χ3n) is 4.89. The molecule has 14 heteroatoms. The molecule has 1 saturated heterocycles. The van der Waals surface area contributed by atoms with Crippen molar-refractivity contribution >= 4 is 64.2 Å². The zero-order chi connectivity index (χ0) is 22.4. The second-order valence-electron chi connectivity index (χ2n) is 6.87. The van der Waals surface area contributed by atoms with Crippen molar-refractivity contribution in [1.82, 2.24) is 30.2 Å². The summed E-state index contributed by atoms with van der Waals surface area (Å²) in [4.78, 5) is 38.6. The molecule has 164 valence electrons. The number of carboxylic acid groups (broad SMARTS) is 1. The lowest BCUT2D eigenvalue weighted by Crippen LogP contribution is -2.70. The van der Waals surface area contributed by atoms with E-state index in [2.05, 4.69) is 20.6 Å². The number of nitrogens with one attached hydrogen (secondary N) is 1.